The van der Waals surface area contributed by atoms with Gasteiger partial charge in [-0.1, -0.05) is 12.1 Å². The van der Waals surface area contributed by atoms with E-state index in [9.17, 15) is 9.50 Å². The predicted octanol–water partition coefficient (Wildman–Crippen LogP) is 3.24. The molecule has 2 rings (SSSR count). The number of hydrogen-bond acceptors (Lipinski definition) is 4. The van der Waals surface area contributed by atoms with Crippen molar-refractivity contribution in [2.45, 2.75) is 26.8 Å². The zero-order chi connectivity index (χ0) is 20.4. The summed E-state index contributed by atoms with van der Waals surface area (Å²) >= 11 is 0. The Kier molecular flexibility index (Phi) is 8.39. The largest absolute Gasteiger partial charge is 0.505 e. The summed E-state index contributed by atoms with van der Waals surface area (Å²) in [6, 6.07) is 10.2. The molecule has 0 saturated carbocycles. The Labute approximate surface area is 165 Å². The summed E-state index contributed by atoms with van der Waals surface area (Å²) in [5.41, 5.74) is 1.83. The summed E-state index contributed by atoms with van der Waals surface area (Å²) in [5, 5.41) is 15.6. The number of aliphatic imine (C=N–C) groups is 1. The molecule has 0 aromatic heterocycles. The second kappa shape index (κ2) is 11.0. The van der Waals surface area contributed by atoms with E-state index in [1.54, 1.807) is 13.1 Å². The van der Waals surface area contributed by atoms with Gasteiger partial charge in [-0.05, 0) is 55.7 Å². The van der Waals surface area contributed by atoms with Gasteiger partial charge in [0.05, 0.1) is 13.2 Å². The molecule has 7 heteroatoms. The highest BCUT2D eigenvalue weighted by Gasteiger charge is 2.07. The van der Waals surface area contributed by atoms with E-state index in [4.69, 9.17) is 9.47 Å². The van der Waals surface area contributed by atoms with E-state index in [1.807, 2.05) is 32.0 Å². The summed E-state index contributed by atoms with van der Waals surface area (Å²) in [6.45, 7) is 6.12. The molecule has 28 heavy (non-hydrogen) atoms. The maximum Gasteiger partial charge on any atom is 0.191 e. The molecule has 0 saturated heterocycles. The zero-order valence-electron chi connectivity index (χ0n) is 16.6. The van der Waals surface area contributed by atoms with Crippen LogP contribution in [0.1, 0.15) is 25.0 Å². The number of aromatic hydroxyl groups is 1. The number of guanidine groups is 1. The Balaban J connectivity index is 1.86. The van der Waals surface area contributed by atoms with Crippen LogP contribution in [0.15, 0.2) is 41.4 Å². The van der Waals surface area contributed by atoms with Crippen molar-refractivity contribution < 1.29 is 19.0 Å². The molecule has 0 unspecified atom stereocenters. The van der Waals surface area contributed by atoms with Crippen LogP contribution in [0, 0.1) is 5.82 Å². The smallest absolute Gasteiger partial charge is 0.191 e. The van der Waals surface area contributed by atoms with E-state index in [0.29, 0.717) is 37.8 Å². The van der Waals surface area contributed by atoms with Crippen LogP contribution in [0.4, 0.5) is 4.39 Å². The van der Waals surface area contributed by atoms with Crippen LogP contribution in [-0.2, 0) is 13.0 Å². The van der Waals surface area contributed by atoms with Gasteiger partial charge < -0.3 is 25.2 Å². The molecular weight excluding hydrogens is 361 g/mol. The van der Waals surface area contributed by atoms with E-state index in [-0.39, 0.29) is 5.75 Å². The first-order valence-electron chi connectivity index (χ1n) is 9.37. The number of phenols is 1. The number of nitrogens with one attached hydrogen (secondary N) is 2. The van der Waals surface area contributed by atoms with Gasteiger partial charge in [0.15, 0.2) is 29.0 Å². The Morgan fingerprint density at radius 2 is 1.71 bits per heavy atom. The third-order valence-corrected chi connectivity index (χ3v) is 4.01. The van der Waals surface area contributed by atoms with Crippen LogP contribution in [0.3, 0.4) is 0 Å². The van der Waals surface area contributed by atoms with Crippen molar-refractivity contribution in [1.82, 2.24) is 10.6 Å². The summed E-state index contributed by atoms with van der Waals surface area (Å²) in [5.74, 6) is 1.12. The molecular formula is C21H28FN3O3. The average Bonchev–Trinajstić information content (AvgIpc) is 2.69. The first kappa shape index (κ1) is 21.3. The standard InChI is InChI=1S/C21H28FN3O3/c1-4-27-19-9-7-15(13-20(19)28-5-2)10-11-24-21(23-3)25-14-16-6-8-18(26)17(22)12-16/h6-9,12-13,26H,4-5,10-11,14H2,1-3H3,(H2,23,24,25). The first-order valence-corrected chi connectivity index (χ1v) is 9.37. The first-order chi connectivity index (χ1) is 13.6. The highest BCUT2D eigenvalue weighted by atomic mass is 19.1. The molecule has 0 bridgehead atoms. The fraction of sp³-hybridized carbons (Fsp3) is 0.381. The quantitative estimate of drug-likeness (QED) is 0.454. The van der Waals surface area contributed by atoms with Crippen LogP contribution in [-0.4, -0.2) is 37.9 Å². The van der Waals surface area contributed by atoms with Crippen LogP contribution in [0.2, 0.25) is 0 Å². The molecule has 6 nitrogen and oxygen atoms in total. The lowest BCUT2D eigenvalue weighted by atomic mass is 10.1. The van der Waals surface area contributed by atoms with E-state index in [0.717, 1.165) is 23.5 Å². The third-order valence-electron chi connectivity index (χ3n) is 4.01. The molecule has 0 aliphatic rings. The summed E-state index contributed by atoms with van der Waals surface area (Å²) in [6.07, 6.45) is 0.779. The summed E-state index contributed by atoms with van der Waals surface area (Å²) < 4.78 is 24.6. The molecule has 0 aliphatic heterocycles. The van der Waals surface area contributed by atoms with Gasteiger partial charge in [0.1, 0.15) is 0 Å². The van der Waals surface area contributed by atoms with Crippen molar-refractivity contribution in [3.8, 4) is 17.2 Å². The lowest BCUT2D eigenvalue weighted by molar-refractivity contribution is 0.287. The Morgan fingerprint density at radius 1 is 1.00 bits per heavy atom. The highest BCUT2D eigenvalue weighted by Crippen LogP contribution is 2.28. The van der Waals surface area contributed by atoms with Crippen LogP contribution in [0.5, 0.6) is 17.2 Å². The van der Waals surface area contributed by atoms with Crippen molar-refractivity contribution in [1.29, 1.82) is 0 Å². The zero-order valence-corrected chi connectivity index (χ0v) is 16.6. The molecule has 0 aliphatic carbocycles. The Bertz CT molecular complexity index is 796. The highest BCUT2D eigenvalue weighted by molar-refractivity contribution is 5.79. The number of ether oxygens (including phenoxy) is 2. The van der Waals surface area contributed by atoms with Crippen molar-refractivity contribution >= 4 is 5.96 Å². The Hall–Kier alpha value is -2.96. The third kappa shape index (κ3) is 6.33. The number of phenolic OH excluding ortho intramolecular Hbond substituents is 1. The molecule has 0 fully saturated rings. The average molecular weight is 389 g/mol. The molecule has 0 amide bonds. The fourth-order valence-corrected chi connectivity index (χ4v) is 2.64. The lowest BCUT2D eigenvalue weighted by Gasteiger charge is -2.14. The van der Waals surface area contributed by atoms with Gasteiger partial charge in [-0.2, -0.15) is 0 Å². The van der Waals surface area contributed by atoms with Gasteiger partial charge in [-0.15, -0.1) is 0 Å². The van der Waals surface area contributed by atoms with Crippen molar-refractivity contribution in [2.24, 2.45) is 4.99 Å². The molecule has 0 atom stereocenters. The van der Waals surface area contributed by atoms with Crippen molar-refractivity contribution in [3.05, 3.63) is 53.3 Å². The minimum atomic E-state index is -0.636. The SMILES string of the molecule is CCOc1ccc(CCNC(=NC)NCc2ccc(O)c(F)c2)cc1OCC. The lowest BCUT2D eigenvalue weighted by Crippen LogP contribution is -2.37. The Morgan fingerprint density at radius 3 is 2.39 bits per heavy atom. The number of benzene rings is 2. The second-order valence-electron chi connectivity index (χ2n) is 6.04. The maximum absolute atomic E-state index is 13.4. The minimum absolute atomic E-state index is 0.354. The van der Waals surface area contributed by atoms with Gasteiger partial charge in [-0.3, -0.25) is 4.99 Å². The number of rotatable bonds is 9. The van der Waals surface area contributed by atoms with Gasteiger partial charge in [0, 0.05) is 20.1 Å². The minimum Gasteiger partial charge on any atom is -0.505 e. The maximum atomic E-state index is 13.4. The van der Waals surface area contributed by atoms with Crippen LogP contribution < -0.4 is 20.1 Å². The monoisotopic (exact) mass is 389 g/mol. The summed E-state index contributed by atoms with van der Waals surface area (Å²) in [7, 11) is 1.68. The normalized spacial score (nSPS) is 11.2. The molecule has 0 radical (unpaired) electrons. The predicted molar refractivity (Wildman–Crippen MR) is 109 cm³/mol. The summed E-state index contributed by atoms with van der Waals surface area (Å²) in [4.78, 5) is 4.17. The topological polar surface area (TPSA) is 75.1 Å². The number of hydrogen-bond donors (Lipinski definition) is 3. The number of halogens is 1. The molecule has 152 valence electrons. The molecule has 2 aromatic carbocycles. The van der Waals surface area contributed by atoms with E-state index >= 15 is 0 Å². The van der Waals surface area contributed by atoms with Gasteiger partial charge in [-0.25, -0.2) is 4.39 Å². The van der Waals surface area contributed by atoms with Gasteiger partial charge in [0.25, 0.3) is 0 Å². The van der Waals surface area contributed by atoms with Gasteiger partial charge in [0.2, 0.25) is 0 Å². The molecule has 0 spiro atoms. The molecule has 0 heterocycles. The van der Waals surface area contributed by atoms with Crippen molar-refractivity contribution in [3.63, 3.8) is 0 Å². The van der Waals surface area contributed by atoms with Crippen LogP contribution >= 0.6 is 0 Å². The van der Waals surface area contributed by atoms with E-state index in [1.165, 1.54) is 12.1 Å². The molecule has 3 N–H and O–H groups in total. The second-order valence-corrected chi connectivity index (χ2v) is 6.04. The number of nitrogens with zero attached hydrogens (tertiary/aromatic N) is 1. The molecule has 2 aromatic rings. The van der Waals surface area contributed by atoms with Crippen LogP contribution in [0.25, 0.3) is 0 Å². The van der Waals surface area contributed by atoms with Gasteiger partial charge >= 0.3 is 0 Å². The van der Waals surface area contributed by atoms with Crippen molar-refractivity contribution in [2.75, 3.05) is 26.8 Å². The fourth-order valence-electron chi connectivity index (χ4n) is 2.64. The van der Waals surface area contributed by atoms with E-state index in [2.05, 4.69) is 15.6 Å². The van der Waals surface area contributed by atoms with E-state index < -0.39 is 5.82 Å².